The van der Waals surface area contributed by atoms with Crippen LogP contribution in [0.5, 0.6) is 0 Å². The van der Waals surface area contributed by atoms with E-state index in [0.717, 1.165) is 82.8 Å². The molecule has 0 aliphatic heterocycles. The van der Waals surface area contributed by atoms with E-state index in [2.05, 4.69) is 117 Å². The summed E-state index contributed by atoms with van der Waals surface area (Å²) in [5, 5.41) is 4.47. The van der Waals surface area contributed by atoms with Gasteiger partial charge in [0.25, 0.3) is 0 Å². The molecule has 0 radical (unpaired) electrons. The van der Waals surface area contributed by atoms with E-state index in [0.29, 0.717) is 0 Å². The Labute approximate surface area is 252 Å². The Balaban J connectivity index is 1.64. The highest BCUT2D eigenvalue weighted by Gasteiger charge is 2.22. The van der Waals surface area contributed by atoms with Gasteiger partial charge in [-0.2, -0.15) is 0 Å². The average Bonchev–Trinajstić information content (AvgIpc) is 3.44. The zero-order chi connectivity index (χ0) is 29.5. The first-order valence-corrected chi connectivity index (χ1v) is 14.4. The predicted molar refractivity (Wildman–Crippen MR) is 188 cm³/mol. The van der Waals surface area contributed by atoms with Crippen molar-refractivity contribution in [1.82, 2.24) is 0 Å². The highest BCUT2D eigenvalue weighted by Crippen LogP contribution is 2.46. The van der Waals surface area contributed by atoms with Crippen LogP contribution in [0.15, 0.2) is 140 Å². The molecule has 0 atom stereocenters. The number of fused-ring (bicyclic) bond motifs is 4. The molecule has 43 heavy (non-hydrogen) atoms. The second-order valence-electron chi connectivity index (χ2n) is 10.6. The van der Waals surface area contributed by atoms with Crippen LogP contribution >= 0.6 is 0 Å². The molecule has 0 fully saturated rings. The molecule has 1 aromatic heterocycles. The fraction of sp³-hybridized carbons (Fsp3) is 0. The first-order valence-electron chi connectivity index (χ1n) is 14.4. The van der Waals surface area contributed by atoms with Crippen molar-refractivity contribution in [2.24, 2.45) is 0 Å². The molecule has 0 N–H and O–H groups in total. The number of hydrogen-bond donors (Lipinski definition) is 0. The lowest BCUT2D eigenvalue weighted by Gasteiger charge is -2.22. The Hall–Kier alpha value is -5.66. The molecule has 0 saturated heterocycles. The summed E-state index contributed by atoms with van der Waals surface area (Å²) in [6.45, 7) is 16.9. The van der Waals surface area contributed by atoms with E-state index in [-0.39, 0.29) is 0 Å². The van der Waals surface area contributed by atoms with Gasteiger partial charge >= 0.3 is 0 Å². The molecule has 0 saturated carbocycles. The van der Waals surface area contributed by atoms with Gasteiger partial charge in [-0.15, -0.1) is 0 Å². The summed E-state index contributed by atoms with van der Waals surface area (Å²) in [5.74, 6) is 0. The van der Waals surface area contributed by atoms with Crippen molar-refractivity contribution in [2.45, 2.75) is 0 Å². The van der Waals surface area contributed by atoms with Crippen molar-refractivity contribution < 1.29 is 4.42 Å². The maximum atomic E-state index is 6.17. The molecule has 0 unspecified atom stereocenters. The molecule has 7 aromatic rings. The molecule has 1 nitrogen and oxygen atoms in total. The maximum Gasteiger partial charge on any atom is 0.135 e. The van der Waals surface area contributed by atoms with Crippen LogP contribution in [0.1, 0.15) is 22.3 Å². The molecule has 0 spiro atoms. The number of benzene rings is 6. The van der Waals surface area contributed by atoms with Gasteiger partial charge < -0.3 is 4.42 Å². The lowest BCUT2D eigenvalue weighted by Crippen LogP contribution is -1.98. The lowest BCUT2D eigenvalue weighted by molar-refractivity contribution is 0.669. The number of furan rings is 1. The van der Waals surface area contributed by atoms with Gasteiger partial charge in [-0.05, 0) is 90.7 Å². The van der Waals surface area contributed by atoms with E-state index in [1.807, 2.05) is 42.5 Å². The second kappa shape index (κ2) is 10.6. The zero-order valence-corrected chi connectivity index (χ0v) is 23.9. The Morgan fingerprint density at radius 1 is 0.419 bits per heavy atom. The normalized spacial score (nSPS) is 11.2. The van der Waals surface area contributed by atoms with Gasteiger partial charge in [-0.25, -0.2) is 0 Å². The Kier molecular flexibility index (Phi) is 6.49. The first-order chi connectivity index (χ1) is 21.2. The van der Waals surface area contributed by atoms with Gasteiger partial charge in [0.05, 0.1) is 0 Å². The molecule has 1 heteroatoms. The van der Waals surface area contributed by atoms with Gasteiger partial charge in [-0.3, -0.25) is 0 Å². The molecule has 204 valence electrons. The Morgan fingerprint density at radius 3 is 1.86 bits per heavy atom. The van der Waals surface area contributed by atoms with Crippen LogP contribution in [0.4, 0.5) is 0 Å². The Morgan fingerprint density at radius 2 is 1.09 bits per heavy atom. The van der Waals surface area contributed by atoms with Gasteiger partial charge in [-0.1, -0.05) is 136 Å². The van der Waals surface area contributed by atoms with Crippen molar-refractivity contribution in [3.8, 4) is 33.4 Å². The zero-order valence-electron chi connectivity index (χ0n) is 23.9. The van der Waals surface area contributed by atoms with Gasteiger partial charge in [0, 0.05) is 10.8 Å². The van der Waals surface area contributed by atoms with E-state index in [1.165, 1.54) is 5.56 Å². The molecule has 0 bridgehead atoms. The largest absolute Gasteiger partial charge is 0.456 e. The van der Waals surface area contributed by atoms with E-state index in [9.17, 15) is 0 Å². The third-order valence-corrected chi connectivity index (χ3v) is 8.40. The van der Waals surface area contributed by atoms with Crippen LogP contribution in [-0.2, 0) is 0 Å². The number of para-hydroxylation sites is 1. The van der Waals surface area contributed by atoms with Crippen LogP contribution in [0.2, 0.25) is 0 Å². The Bertz CT molecular complexity index is 2240. The summed E-state index contributed by atoms with van der Waals surface area (Å²) >= 11 is 0. The summed E-state index contributed by atoms with van der Waals surface area (Å²) in [6, 6.07) is 38.3. The van der Waals surface area contributed by atoms with Gasteiger partial charge in [0.1, 0.15) is 11.2 Å². The first kappa shape index (κ1) is 26.3. The molecule has 1 heterocycles. The molecule has 0 aliphatic carbocycles. The van der Waals surface area contributed by atoms with Crippen LogP contribution in [-0.4, -0.2) is 0 Å². The lowest BCUT2D eigenvalue weighted by atomic mass is 9.81. The van der Waals surface area contributed by atoms with Crippen molar-refractivity contribution in [3.05, 3.63) is 158 Å². The minimum Gasteiger partial charge on any atom is -0.456 e. The van der Waals surface area contributed by atoms with Crippen LogP contribution < -0.4 is 0 Å². The van der Waals surface area contributed by atoms with Crippen molar-refractivity contribution in [2.75, 3.05) is 0 Å². The molecular formula is C42H30O. The van der Waals surface area contributed by atoms with E-state index < -0.39 is 0 Å². The van der Waals surface area contributed by atoms with E-state index >= 15 is 0 Å². The van der Waals surface area contributed by atoms with E-state index in [1.54, 1.807) is 0 Å². The number of rotatable bonds is 7. The molecule has 7 rings (SSSR count). The SMILES string of the molecule is C=Cc1cccc(-c2c(C=C)c(C=C)c(-c3ccc4oc5ccccc5c4c3)c3ccc(-c4ccccc4)cc23)c1C=C. The summed E-state index contributed by atoms with van der Waals surface area (Å²) in [5.41, 5.74) is 12.6. The third-order valence-electron chi connectivity index (χ3n) is 8.40. The topological polar surface area (TPSA) is 13.1 Å². The van der Waals surface area contributed by atoms with Crippen LogP contribution in [0.3, 0.4) is 0 Å². The highest BCUT2D eigenvalue weighted by molar-refractivity contribution is 6.15. The highest BCUT2D eigenvalue weighted by atomic mass is 16.3. The standard InChI is InChI=1S/C42H30O/c1-5-27-17-14-19-35(31(27)6-2)42-33(8-4)32(7-3)41(36-23-21-29(25-38(36)42)28-15-10-9-11-16-28)30-22-24-40-37(26-30)34-18-12-13-20-39(34)43-40/h5-26H,1-4H2. The van der Waals surface area contributed by atoms with E-state index in [4.69, 9.17) is 4.42 Å². The summed E-state index contributed by atoms with van der Waals surface area (Å²) < 4.78 is 6.17. The fourth-order valence-electron chi connectivity index (χ4n) is 6.45. The van der Waals surface area contributed by atoms with Crippen molar-refractivity contribution >= 4 is 57.0 Å². The minimum atomic E-state index is 0.873. The summed E-state index contributed by atoms with van der Waals surface area (Å²) in [6.07, 6.45) is 7.73. The summed E-state index contributed by atoms with van der Waals surface area (Å²) in [4.78, 5) is 0. The molecular weight excluding hydrogens is 520 g/mol. The molecule has 0 aliphatic rings. The van der Waals surface area contributed by atoms with Crippen LogP contribution in [0, 0.1) is 0 Å². The average molecular weight is 551 g/mol. The van der Waals surface area contributed by atoms with Gasteiger partial charge in [0.2, 0.25) is 0 Å². The fourth-order valence-corrected chi connectivity index (χ4v) is 6.45. The minimum absolute atomic E-state index is 0.873. The number of hydrogen-bond acceptors (Lipinski definition) is 1. The van der Waals surface area contributed by atoms with Crippen molar-refractivity contribution in [3.63, 3.8) is 0 Å². The molecule has 6 aromatic carbocycles. The molecule has 0 amide bonds. The van der Waals surface area contributed by atoms with Crippen molar-refractivity contribution in [1.29, 1.82) is 0 Å². The van der Waals surface area contributed by atoms with Crippen LogP contribution in [0.25, 0.3) is 90.4 Å². The maximum absolute atomic E-state index is 6.17. The second-order valence-corrected chi connectivity index (χ2v) is 10.6. The summed E-state index contributed by atoms with van der Waals surface area (Å²) in [7, 11) is 0. The smallest absolute Gasteiger partial charge is 0.135 e. The third kappa shape index (κ3) is 4.17. The quantitative estimate of drug-likeness (QED) is 0.192. The van der Waals surface area contributed by atoms with Gasteiger partial charge in [0.15, 0.2) is 0 Å². The predicted octanol–water partition coefficient (Wildman–Crippen LogP) is 12.3. The monoisotopic (exact) mass is 550 g/mol.